The molecule has 0 atom stereocenters. The Hall–Kier alpha value is -1.25. The molecule has 0 spiro atoms. The summed E-state index contributed by atoms with van der Waals surface area (Å²) in [6.07, 6.45) is 3.29. The molecule has 23 heavy (non-hydrogen) atoms. The van der Waals surface area contributed by atoms with Crippen molar-refractivity contribution in [1.82, 2.24) is 10.2 Å². The highest BCUT2D eigenvalue weighted by atomic mass is 16.2. The van der Waals surface area contributed by atoms with E-state index >= 15 is 0 Å². The minimum Gasteiger partial charge on any atom is -0.387 e. The zero-order valence-electron chi connectivity index (χ0n) is 17.3. The van der Waals surface area contributed by atoms with E-state index < -0.39 is 0 Å². The zero-order valence-corrected chi connectivity index (χ0v) is 17.3. The van der Waals surface area contributed by atoms with Gasteiger partial charge in [0.15, 0.2) is 0 Å². The maximum atomic E-state index is 12.0. The van der Waals surface area contributed by atoms with Crippen LogP contribution in [0.3, 0.4) is 0 Å². The highest BCUT2D eigenvalue weighted by Gasteiger charge is 2.22. The summed E-state index contributed by atoms with van der Waals surface area (Å²) in [5.41, 5.74) is 0.923. The Morgan fingerprint density at radius 3 is 2.04 bits per heavy atom. The first kappa shape index (κ1) is 26.6. The molecule has 0 aromatic rings. The number of nitrogens with one attached hydrogen (secondary N) is 1. The topological polar surface area (TPSA) is 32.3 Å². The predicted octanol–water partition coefficient (Wildman–Crippen LogP) is 5.25. The molecular weight excluding hydrogens is 284 g/mol. The van der Waals surface area contributed by atoms with Gasteiger partial charge in [0.2, 0.25) is 5.91 Å². The number of hydrogen-bond donors (Lipinski definition) is 1. The van der Waals surface area contributed by atoms with Crippen LogP contribution in [0, 0.1) is 11.3 Å². The Morgan fingerprint density at radius 2 is 1.70 bits per heavy atom. The van der Waals surface area contributed by atoms with Crippen molar-refractivity contribution in [3.05, 3.63) is 24.9 Å². The molecule has 1 N–H and O–H groups in total. The molecular formula is C20H42N2O. The van der Waals surface area contributed by atoms with Crippen LogP contribution in [0.5, 0.6) is 0 Å². The van der Waals surface area contributed by atoms with E-state index in [1.165, 1.54) is 0 Å². The summed E-state index contributed by atoms with van der Waals surface area (Å²) < 4.78 is 0. The molecule has 0 fully saturated rings. The van der Waals surface area contributed by atoms with E-state index in [-0.39, 0.29) is 11.3 Å². The molecule has 3 nitrogen and oxygen atoms in total. The molecule has 0 aliphatic heterocycles. The standard InChI is InChI=1S/C14H26N2O.C4H10.C2H6/c1-7-8-14(4,5)11-13(17)16(6)10-9-15-12(2)3;1-4(2)3;1-2/h7,15H,1-2,8-11H2,3-6H3;4H,1-3H3;1-2H3. The lowest BCUT2D eigenvalue weighted by Gasteiger charge is -2.26. The highest BCUT2D eigenvalue weighted by molar-refractivity contribution is 5.76. The average Bonchev–Trinajstić information content (AvgIpc) is 2.39. The molecule has 3 heteroatoms. The lowest BCUT2D eigenvalue weighted by molar-refractivity contribution is -0.131. The first-order valence-electron chi connectivity index (χ1n) is 8.76. The quantitative estimate of drug-likeness (QED) is 0.618. The van der Waals surface area contributed by atoms with E-state index in [2.05, 4.69) is 53.1 Å². The Morgan fingerprint density at radius 1 is 1.26 bits per heavy atom. The second kappa shape index (κ2) is 15.6. The normalized spacial score (nSPS) is 9.83. The molecule has 0 unspecified atom stereocenters. The first-order chi connectivity index (χ1) is 10.5. The number of likely N-dealkylation sites (N-methyl/N-ethyl adjacent to an activating group) is 1. The van der Waals surface area contributed by atoms with Gasteiger partial charge in [-0.1, -0.05) is 61.1 Å². The van der Waals surface area contributed by atoms with Gasteiger partial charge < -0.3 is 10.2 Å². The van der Waals surface area contributed by atoms with Gasteiger partial charge in [0.1, 0.15) is 0 Å². The Balaban J connectivity index is -0.000000574. The highest BCUT2D eigenvalue weighted by Crippen LogP contribution is 2.25. The van der Waals surface area contributed by atoms with E-state index in [9.17, 15) is 4.79 Å². The van der Waals surface area contributed by atoms with E-state index in [4.69, 9.17) is 0 Å². The minimum atomic E-state index is -0.00508. The summed E-state index contributed by atoms with van der Waals surface area (Å²) >= 11 is 0. The summed E-state index contributed by atoms with van der Waals surface area (Å²) in [7, 11) is 1.84. The third-order valence-corrected chi connectivity index (χ3v) is 2.63. The van der Waals surface area contributed by atoms with Gasteiger partial charge in [-0.3, -0.25) is 4.79 Å². The molecule has 0 bridgehead atoms. The molecule has 0 heterocycles. The van der Waals surface area contributed by atoms with Crippen LogP contribution in [0.15, 0.2) is 24.9 Å². The summed E-state index contributed by atoms with van der Waals surface area (Å²) in [4.78, 5) is 13.7. The number of carbonyl (C=O) groups excluding carboxylic acids is 1. The number of rotatable bonds is 8. The van der Waals surface area contributed by atoms with E-state index in [0.29, 0.717) is 13.0 Å². The lowest BCUT2D eigenvalue weighted by atomic mass is 9.85. The van der Waals surface area contributed by atoms with Gasteiger partial charge in [0, 0.05) is 32.3 Å². The molecule has 0 rings (SSSR count). The van der Waals surface area contributed by atoms with Crippen molar-refractivity contribution in [2.24, 2.45) is 11.3 Å². The van der Waals surface area contributed by atoms with Gasteiger partial charge in [0.05, 0.1) is 0 Å². The summed E-state index contributed by atoms with van der Waals surface area (Å²) in [5, 5.41) is 3.11. The molecule has 0 aromatic heterocycles. The van der Waals surface area contributed by atoms with Gasteiger partial charge in [0.25, 0.3) is 0 Å². The average molecular weight is 327 g/mol. The number of carbonyl (C=O) groups is 1. The largest absolute Gasteiger partial charge is 0.387 e. The number of hydrogen-bond acceptors (Lipinski definition) is 2. The molecule has 0 aliphatic rings. The maximum absolute atomic E-state index is 12.0. The number of allylic oxidation sites excluding steroid dienone is 2. The monoisotopic (exact) mass is 326 g/mol. The zero-order chi connectivity index (χ0) is 19.1. The number of nitrogens with zero attached hydrogens (tertiary/aromatic N) is 1. The van der Waals surface area contributed by atoms with Crippen molar-refractivity contribution in [3.8, 4) is 0 Å². The third-order valence-electron chi connectivity index (χ3n) is 2.63. The van der Waals surface area contributed by atoms with E-state index in [0.717, 1.165) is 24.6 Å². The summed E-state index contributed by atoms with van der Waals surface area (Å²) in [6.45, 7) is 25.5. The van der Waals surface area contributed by atoms with Crippen LogP contribution < -0.4 is 5.32 Å². The minimum absolute atomic E-state index is 0.00508. The molecule has 0 radical (unpaired) electrons. The van der Waals surface area contributed by atoms with Crippen molar-refractivity contribution in [2.45, 2.75) is 68.2 Å². The maximum Gasteiger partial charge on any atom is 0.222 e. The molecule has 0 aromatic carbocycles. The summed E-state index contributed by atoms with van der Waals surface area (Å²) in [6, 6.07) is 0. The smallest absolute Gasteiger partial charge is 0.222 e. The summed E-state index contributed by atoms with van der Waals surface area (Å²) in [5.74, 6) is 1.01. The Labute approximate surface area is 146 Å². The third kappa shape index (κ3) is 23.2. The van der Waals surface area contributed by atoms with Crippen molar-refractivity contribution < 1.29 is 4.79 Å². The molecule has 0 saturated carbocycles. The van der Waals surface area contributed by atoms with Gasteiger partial charge in [-0.05, 0) is 24.7 Å². The Bertz CT molecular complexity index is 317. The van der Waals surface area contributed by atoms with Crippen molar-refractivity contribution in [3.63, 3.8) is 0 Å². The fraction of sp³-hybridized carbons (Fsp3) is 0.750. The first-order valence-corrected chi connectivity index (χ1v) is 8.76. The molecule has 138 valence electrons. The lowest BCUT2D eigenvalue weighted by Crippen LogP contribution is -2.35. The molecule has 0 saturated heterocycles. The van der Waals surface area contributed by atoms with Crippen molar-refractivity contribution >= 4 is 5.91 Å². The van der Waals surface area contributed by atoms with Gasteiger partial charge in [-0.2, -0.15) is 0 Å². The molecule has 0 aliphatic carbocycles. The van der Waals surface area contributed by atoms with Gasteiger partial charge >= 0.3 is 0 Å². The van der Waals surface area contributed by atoms with E-state index in [1.54, 1.807) is 4.90 Å². The van der Waals surface area contributed by atoms with Crippen LogP contribution in [0.1, 0.15) is 68.2 Å². The van der Waals surface area contributed by atoms with Crippen molar-refractivity contribution in [1.29, 1.82) is 0 Å². The SMILES string of the molecule is C=CCC(C)(C)CC(=O)N(C)CCNC(=C)C.CC.CC(C)C. The second-order valence-electron chi connectivity index (χ2n) is 7.09. The molecule has 1 amide bonds. The van der Waals surface area contributed by atoms with Crippen LogP contribution in [-0.4, -0.2) is 30.9 Å². The van der Waals surface area contributed by atoms with Gasteiger partial charge in [-0.25, -0.2) is 0 Å². The second-order valence-corrected chi connectivity index (χ2v) is 7.09. The van der Waals surface area contributed by atoms with Crippen molar-refractivity contribution in [2.75, 3.05) is 20.1 Å². The van der Waals surface area contributed by atoms with Crippen LogP contribution >= 0.6 is 0 Å². The Kier molecular flexibility index (Phi) is 18.1. The fourth-order valence-electron chi connectivity index (χ4n) is 1.57. The van der Waals surface area contributed by atoms with Crippen LogP contribution in [-0.2, 0) is 4.79 Å². The predicted molar refractivity (Wildman–Crippen MR) is 106 cm³/mol. The van der Waals surface area contributed by atoms with Crippen LogP contribution in [0.2, 0.25) is 0 Å². The fourth-order valence-corrected chi connectivity index (χ4v) is 1.57. The van der Waals surface area contributed by atoms with Crippen LogP contribution in [0.25, 0.3) is 0 Å². The van der Waals surface area contributed by atoms with Crippen LogP contribution in [0.4, 0.5) is 0 Å². The van der Waals surface area contributed by atoms with E-state index in [1.807, 2.05) is 33.9 Å². The van der Waals surface area contributed by atoms with Gasteiger partial charge in [-0.15, -0.1) is 6.58 Å². The number of amides is 1.